The lowest BCUT2D eigenvalue weighted by Crippen LogP contribution is -2.35. The molecular formula is C26H29FN2O4. The summed E-state index contributed by atoms with van der Waals surface area (Å²) >= 11 is 0. The zero-order valence-corrected chi connectivity index (χ0v) is 19.1. The van der Waals surface area contributed by atoms with Gasteiger partial charge in [0.05, 0.1) is 32.4 Å². The average Bonchev–Trinajstić information content (AvgIpc) is 3.34. The van der Waals surface area contributed by atoms with Crippen LogP contribution in [0.25, 0.3) is 10.9 Å². The number of fused-ring (bicyclic) bond motifs is 2. The molecule has 2 aliphatic rings. The second-order valence-corrected chi connectivity index (χ2v) is 8.86. The van der Waals surface area contributed by atoms with E-state index in [0.29, 0.717) is 31.0 Å². The molecule has 2 aromatic carbocycles. The lowest BCUT2D eigenvalue weighted by Gasteiger charge is -2.29. The molecule has 1 unspecified atom stereocenters. The quantitative estimate of drug-likeness (QED) is 0.568. The van der Waals surface area contributed by atoms with Gasteiger partial charge in [-0.15, -0.1) is 0 Å². The van der Waals surface area contributed by atoms with Crippen LogP contribution < -0.4 is 15.0 Å². The van der Waals surface area contributed by atoms with Crippen molar-refractivity contribution in [3.05, 3.63) is 69.3 Å². The number of methoxy groups -OCH3 is 2. The number of nitrogens with zero attached hydrogens (tertiary/aromatic N) is 2. The Labute approximate surface area is 192 Å². The summed E-state index contributed by atoms with van der Waals surface area (Å²) in [5, 5.41) is 0.868. The molecule has 2 aliphatic heterocycles. The van der Waals surface area contributed by atoms with Crippen LogP contribution in [0.4, 0.5) is 4.39 Å². The van der Waals surface area contributed by atoms with Crippen molar-refractivity contribution in [2.45, 2.75) is 45.0 Å². The SMILES string of the molecule is COc1cc2c(cc1OC)CN(Cc1cc3ccc(F)cc3n(CC3CCCO3)c1=O)CC2. The molecule has 174 valence electrons. The zero-order chi connectivity index (χ0) is 22.9. The summed E-state index contributed by atoms with van der Waals surface area (Å²) in [6.07, 6.45) is 2.78. The Hall–Kier alpha value is -2.90. The Morgan fingerprint density at radius 2 is 1.88 bits per heavy atom. The number of halogens is 1. The van der Waals surface area contributed by atoms with Crippen molar-refractivity contribution < 1.29 is 18.6 Å². The molecule has 1 atom stereocenters. The van der Waals surface area contributed by atoms with Crippen LogP contribution in [0, 0.1) is 5.82 Å². The van der Waals surface area contributed by atoms with Crippen molar-refractivity contribution >= 4 is 10.9 Å². The number of rotatable bonds is 6. The molecule has 6 nitrogen and oxygen atoms in total. The van der Waals surface area contributed by atoms with Crippen molar-refractivity contribution in [1.82, 2.24) is 9.47 Å². The van der Waals surface area contributed by atoms with E-state index in [1.807, 2.05) is 18.2 Å². The van der Waals surface area contributed by atoms with Gasteiger partial charge in [-0.05, 0) is 72.2 Å². The number of pyridine rings is 1. The molecular weight excluding hydrogens is 423 g/mol. The molecule has 0 saturated carbocycles. The highest BCUT2D eigenvalue weighted by Crippen LogP contribution is 2.33. The molecule has 5 rings (SSSR count). The molecule has 1 saturated heterocycles. The molecule has 1 aromatic heterocycles. The minimum atomic E-state index is -0.340. The van der Waals surface area contributed by atoms with Crippen LogP contribution in [-0.2, 0) is 30.8 Å². The Balaban J connectivity index is 1.46. The van der Waals surface area contributed by atoms with Gasteiger partial charge in [-0.1, -0.05) is 0 Å². The highest BCUT2D eigenvalue weighted by atomic mass is 19.1. The molecule has 0 N–H and O–H groups in total. The van der Waals surface area contributed by atoms with Crippen LogP contribution in [0.1, 0.15) is 29.5 Å². The summed E-state index contributed by atoms with van der Waals surface area (Å²) in [4.78, 5) is 15.8. The standard InChI is InChI=1S/C26H29FN2O4/c1-31-24-11-17-7-8-28(14-19(17)12-25(24)32-2)15-20-10-18-5-6-21(27)13-23(18)29(26(20)30)16-22-4-3-9-33-22/h5-6,10-13,22H,3-4,7-9,14-16H2,1-2H3. The molecule has 3 heterocycles. The molecule has 0 spiro atoms. The van der Waals surface area contributed by atoms with Crippen molar-refractivity contribution in [3.8, 4) is 11.5 Å². The van der Waals surface area contributed by atoms with Gasteiger partial charge in [0.1, 0.15) is 5.82 Å². The number of hydrogen-bond donors (Lipinski definition) is 0. The third-order valence-electron chi connectivity index (χ3n) is 6.73. The Kier molecular flexibility index (Phi) is 6.08. The third kappa shape index (κ3) is 4.35. The Morgan fingerprint density at radius 1 is 1.09 bits per heavy atom. The third-order valence-corrected chi connectivity index (χ3v) is 6.73. The minimum absolute atomic E-state index is 0.00581. The van der Waals surface area contributed by atoms with Gasteiger partial charge in [-0.25, -0.2) is 4.39 Å². The van der Waals surface area contributed by atoms with Crippen molar-refractivity contribution in [2.24, 2.45) is 0 Å². The predicted molar refractivity (Wildman–Crippen MR) is 125 cm³/mol. The van der Waals surface area contributed by atoms with E-state index in [4.69, 9.17) is 14.2 Å². The van der Waals surface area contributed by atoms with Crippen molar-refractivity contribution in [2.75, 3.05) is 27.4 Å². The second-order valence-electron chi connectivity index (χ2n) is 8.86. The summed E-state index contributed by atoms with van der Waals surface area (Å²) in [5.74, 6) is 1.11. The van der Waals surface area contributed by atoms with E-state index in [0.717, 1.165) is 49.1 Å². The van der Waals surface area contributed by atoms with Gasteiger partial charge in [0.25, 0.3) is 5.56 Å². The Morgan fingerprint density at radius 3 is 2.61 bits per heavy atom. The molecule has 33 heavy (non-hydrogen) atoms. The highest BCUT2D eigenvalue weighted by Gasteiger charge is 2.23. The summed E-state index contributed by atoms with van der Waals surface area (Å²) in [6.45, 7) is 3.27. The second kappa shape index (κ2) is 9.15. The minimum Gasteiger partial charge on any atom is -0.493 e. The van der Waals surface area contributed by atoms with Crippen LogP contribution in [0.15, 0.2) is 41.2 Å². The topological polar surface area (TPSA) is 52.9 Å². The normalized spacial score (nSPS) is 18.5. The maximum absolute atomic E-state index is 14.0. The summed E-state index contributed by atoms with van der Waals surface area (Å²) in [6, 6.07) is 10.6. The first-order valence-corrected chi connectivity index (χ1v) is 11.5. The van der Waals surface area contributed by atoms with E-state index in [2.05, 4.69) is 4.90 Å². The first kappa shape index (κ1) is 21.9. The maximum atomic E-state index is 14.0. The molecule has 0 bridgehead atoms. The maximum Gasteiger partial charge on any atom is 0.255 e. The van der Waals surface area contributed by atoms with Gasteiger partial charge in [0.15, 0.2) is 11.5 Å². The zero-order valence-electron chi connectivity index (χ0n) is 19.1. The molecule has 3 aromatic rings. The number of ether oxygens (including phenoxy) is 3. The van der Waals surface area contributed by atoms with E-state index in [1.54, 1.807) is 24.9 Å². The van der Waals surface area contributed by atoms with Gasteiger partial charge in [-0.2, -0.15) is 0 Å². The monoisotopic (exact) mass is 452 g/mol. The van der Waals surface area contributed by atoms with Gasteiger partial charge in [0, 0.05) is 31.8 Å². The predicted octanol–water partition coefficient (Wildman–Crippen LogP) is 3.90. The van der Waals surface area contributed by atoms with E-state index in [9.17, 15) is 9.18 Å². The van der Waals surface area contributed by atoms with Crippen LogP contribution in [0.3, 0.4) is 0 Å². The van der Waals surface area contributed by atoms with Crippen LogP contribution >= 0.6 is 0 Å². The summed E-state index contributed by atoms with van der Waals surface area (Å²) in [5.41, 5.74) is 3.70. The number of benzene rings is 2. The van der Waals surface area contributed by atoms with Crippen molar-refractivity contribution in [3.63, 3.8) is 0 Å². The van der Waals surface area contributed by atoms with Crippen LogP contribution in [-0.4, -0.2) is 42.9 Å². The largest absolute Gasteiger partial charge is 0.493 e. The summed E-state index contributed by atoms with van der Waals surface area (Å²) in [7, 11) is 3.28. The fourth-order valence-electron chi connectivity index (χ4n) is 5.01. The first-order chi connectivity index (χ1) is 16.1. The smallest absolute Gasteiger partial charge is 0.255 e. The van der Waals surface area contributed by atoms with Crippen LogP contribution in [0.2, 0.25) is 0 Å². The fourth-order valence-corrected chi connectivity index (χ4v) is 5.01. The first-order valence-electron chi connectivity index (χ1n) is 11.5. The Bertz CT molecular complexity index is 1230. The average molecular weight is 453 g/mol. The molecule has 7 heteroatoms. The number of aromatic nitrogens is 1. The summed E-state index contributed by atoms with van der Waals surface area (Å²) < 4.78 is 32.4. The molecule has 0 radical (unpaired) electrons. The van der Waals surface area contributed by atoms with E-state index in [1.165, 1.54) is 23.3 Å². The number of hydrogen-bond acceptors (Lipinski definition) is 5. The van der Waals surface area contributed by atoms with E-state index in [-0.39, 0.29) is 17.5 Å². The van der Waals surface area contributed by atoms with Crippen LogP contribution in [0.5, 0.6) is 11.5 Å². The van der Waals surface area contributed by atoms with Gasteiger partial charge >= 0.3 is 0 Å². The van der Waals surface area contributed by atoms with Gasteiger partial charge in [-0.3, -0.25) is 9.69 Å². The molecule has 0 amide bonds. The molecule has 1 fully saturated rings. The molecule has 0 aliphatic carbocycles. The van der Waals surface area contributed by atoms with Gasteiger partial charge < -0.3 is 18.8 Å². The van der Waals surface area contributed by atoms with Crippen molar-refractivity contribution in [1.29, 1.82) is 0 Å². The van der Waals surface area contributed by atoms with E-state index < -0.39 is 0 Å². The van der Waals surface area contributed by atoms with Gasteiger partial charge in [0.2, 0.25) is 0 Å². The fraction of sp³-hybridized carbons (Fsp3) is 0.423. The highest BCUT2D eigenvalue weighted by molar-refractivity contribution is 5.79. The lowest BCUT2D eigenvalue weighted by atomic mass is 9.98. The van der Waals surface area contributed by atoms with E-state index >= 15 is 0 Å². The lowest BCUT2D eigenvalue weighted by molar-refractivity contribution is 0.0970.